The molecule has 3 heterocycles. The zero-order valence-electron chi connectivity index (χ0n) is 12.9. The molecule has 1 aromatic heterocycles. The first-order chi connectivity index (χ1) is 11.0. The first kappa shape index (κ1) is 15.5. The second kappa shape index (κ2) is 6.37. The fourth-order valence-electron chi connectivity index (χ4n) is 2.51. The molecule has 23 heavy (non-hydrogen) atoms. The van der Waals surface area contributed by atoms with Gasteiger partial charge in [0.15, 0.2) is 5.69 Å². The molecule has 2 saturated heterocycles. The highest BCUT2D eigenvalue weighted by atomic mass is 16.5. The molecule has 0 saturated carbocycles. The summed E-state index contributed by atoms with van der Waals surface area (Å²) in [7, 11) is 0. The van der Waals surface area contributed by atoms with E-state index in [1.165, 1.54) is 6.07 Å². The van der Waals surface area contributed by atoms with Crippen LogP contribution in [-0.4, -0.2) is 77.3 Å². The van der Waals surface area contributed by atoms with E-state index in [0.717, 1.165) is 0 Å². The van der Waals surface area contributed by atoms with Crippen LogP contribution in [0.2, 0.25) is 0 Å². The van der Waals surface area contributed by atoms with Gasteiger partial charge in [0, 0.05) is 39.2 Å². The van der Waals surface area contributed by atoms with Crippen LogP contribution in [0.1, 0.15) is 17.4 Å². The lowest BCUT2D eigenvalue weighted by molar-refractivity contribution is -0.129. The highest BCUT2D eigenvalue weighted by Crippen LogP contribution is 2.18. The minimum Gasteiger partial charge on any atom is -0.477 e. The number of nitrogens with zero attached hydrogens (tertiary/aromatic N) is 4. The van der Waals surface area contributed by atoms with Gasteiger partial charge in [-0.05, 0) is 0 Å². The van der Waals surface area contributed by atoms with Crippen LogP contribution in [0.3, 0.4) is 0 Å². The van der Waals surface area contributed by atoms with Crippen LogP contribution in [0.15, 0.2) is 6.07 Å². The van der Waals surface area contributed by atoms with Crippen molar-refractivity contribution in [1.29, 1.82) is 0 Å². The minimum absolute atomic E-state index is 0.0391. The van der Waals surface area contributed by atoms with Crippen molar-refractivity contribution in [1.82, 2.24) is 14.9 Å². The second-order valence-corrected chi connectivity index (χ2v) is 5.62. The van der Waals surface area contributed by atoms with Crippen molar-refractivity contribution in [2.45, 2.75) is 13.0 Å². The summed E-state index contributed by atoms with van der Waals surface area (Å²) in [6, 6.07) is 1.57. The number of carbonyl (C=O) groups is 2. The quantitative estimate of drug-likeness (QED) is 0.775. The van der Waals surface area contributed by atoms with Gasteiger partial charge in [-0.25, -0.2) is 9.78 Å². The molecule has 1 amide bonds. The predicted molar refractivity (Wildman–Crippen MR) is 81.7 cm³/mol. The zero-order valence-corrected chi connectivity index (χ0v) is 12.9. The Morgan fingerprint density at radius 2 is 1.96 bits per heavy atom. The summed E-state index contributed by atoms with van der Waals surface area (Å²) in [5, 5.41) is 12.4. The highest BCUT2D eigenvalue weighted by Gasteiger charge is 2.24. The molecule has 1 aromatic rings. The summed E-state index contributed by atoms with van der Waals surface area (Å²) in [6.45, 7) is 5.02. The summed E-state index contributed by atoms with van der Waals surface area (Å²) >= 11 is 0. The Kier molecular flexibility index (Phi) is 4.28. The van der Waals surface area contributed by atoms with Crippen LogP contribution in [0, 0.1) is 0 Å². The van der Waals surface area contributed by atoms with Crippen molar-refractivity contribution < 1.29 is 19.4 Å². The monoisotopic (exact) mass is 321 g/mol. The minimum atomic E-state index is -1.09. The SMILES string of the molecule is CC(=O)N1CCN(c2nc(NC3COC3)cc(C(=O)O)n2)CC1. The van der Waals surface area contributed by atoms with E-state index in [1.807, 2.05) is 4.90 Å². The third-order valence-electron chi connectivity index (χ3n) is 3.93. The van der Waals surface area contributed by atoms with Crippen molar-refractivity contribution in [2.75, 3.05) is 49.6 Å². The molecule has 124 valence electrons. The van der Waals surface area contributed by atoms with Crippen molar-refractivity contribution in [3.05, 3.63) is 11.8 Å². The normalized spacial score (nSPS) is 18.5. The number of carbonyl (C=O) groups excluding carboxylic acids is 1. The molecule has 2 aliphatic heterocycles. The number of hydrogen-bond acceptors (Lipinski definition) is 7. The second-order valence-electron chi connectivity index (χ2n) is 5.62. The molecule has 9 heteroatoms. The zero-order chi connectivity index (χ0) is 16.4. The summed E-state index contributed by atoms with van der Waals surface area (Å²) in [5.41, 5.74) is -0.0493. The van der Waals surface area contributed by atoms with E-state index in [4.69, 9.17) is 4.74 Å². The molecule has 0 unspecified atom stereocenters. The lowest BCUT2D eigenvalue weighted by Crippen LogP contribution is -2.48. The van der Waals surface area contributed by atoms with Crippen molar-refractivity contribution in [3.63, 3.8) is 0 Å². The van der Waals surface area contributed by atoms with Crippen LogP contribution in [0.25, 0.3) is 0 Å². The average molecular weight is 321 g/mol. The number of nitrogens with one attached hydrogen (secondary N) is 1. The van der Waals surface area contributed by atoms with Gasteiger partial charge in [-0.15, -0.1) is 0 Å². The largest absolute Gasteiger partial charge is 0.477 e. The van der Waals surface area contributed by atoms with Gasteiger partial charge >= 0.3 is 5.97 Å². The molecule has 0 radical (unpaired) electrons. The number of aromatic nitrogens is 2. The Bertz CT molecular complexity index is 611. The molecule has 0 bridgehead atoms. The average Bonchev–Trinajstić information content (AvgIpc) is 2.50. The number of rotatable bonds is 4. The lowest BCUT2D eigenvalue weighted by atomic mass is 10.2. The number of piperazine rings is 1. The van der Waals surface area contributed by atoms with Crippen LogP contribution < -0.4 is 10.2 Å². The Morgan fingerprint density at radius 1 is 1.26 bits per heavy atom. The van der Waals surface area contributed by atoms with E-state index in [-0.39, 0.29) is 17.6 Å². The fraction of sp³-hybridized carbons (Fsp3) is 0.571. The maximum Gasteiger partial charge on any atom is 0.354 e. The van der Waals surface area contributed by atoms with E-state index in [1.54, 1.807) is 11.8 Å². The van der Waals surface area contributed by atoms with Crippen LogP contribution in [-0.2, 0) is 9.53 Å². The predicted octanol–water partition coefficient (Wildman–Crippen LogP) is -0.346. The fourth-order valence-corrected chi connectivity index (χ4v) is 2.51. The molecule has 0 atom stereocenters. The van der Waals surface area contributed by atoms with Crippen molar-refractivity contribution in [2.24, 2.45) is 0 Å². The first-order valence-corrected chi connectivity index (χ1v) is 7.50. The van der Waals surface area contributed by atoms with Crippen LogP contribution in [0.4, 0.5) is 11.8 Å². The molecule has 2 aliphatic rings. The van der Waals surface area contributed by atoms with E-state index >= 15 is 0 Å². The van der Waals surface area contributed by atoms with E-state index in [9.17, 15) is 14.7 Å². The number of hydrogen-bond donors (Lipinski definition) is 2. The van der Waals surface area contributed by atoms with Crippen molar-refractivity contribution >= 4 is 23.6 Å². The molecule has 3 rings (SSSR count). The van der Waals surface area contributed by atoms with Gasteiger partial charge in [-0.2, -0.15) is 4.98 Å². The Morgan fingerprint density at radius 3 is 2.48 bits per heavy atom. The highest BCUT2D eigenvalue weighted by molar-refractivity contribution is 5.86. The number of carboxylic acid groups (broad SMARTS) is 1. The Balaban J connectivity index is 1.77. The third-order valence-corrected chi connectivity index (χ3v) is 3.93. The number of aromatic carboxylic acids is 1. The maximum absolute atomic E-state index is 11.4. The van der Waals surface area contributed by atoms with E-state index in [0.29, 0.717) is 51.2 Å². The molecule has 0 aromatic carbocycles. The van der Waals surface area contributed by atoms with Gasteiger partial charge < -0.3 is 25.0 Å². The number of carboxylic acids is 1. The Hall–Kier alpha value is -2.42. The number of ether oxygens (including phenoxy) is 1. The van der Waals surface area contributed by atoms with Gasteiger partial charge in [0.25, 0.3) is 0 Å². The molecule has 2 N–H and O–H groups in total. The number of anilines is 2. The summed E-state index contributed by atoms with van der Waals surface area (Å²) in [4.78, 5) is 34.8. The maximum atomic E-state index is 11.4. The van der Waals surface area contributed by atoms with Crippen molar-refractivity contribution in [3.8, 4) is 0 Å². The topological polar surface area (TPSA) is 108 Å². The Labute approximate surface area is 133 Å². The molecule has 2 fully saturated rings. The summed E-state index contributed by atoms with van der Waals surface area (Å²) in [6.07, 6.45) is 0. The first-order valence-electron chi connectivity index (χ1n) is 7.50. The molecule has 0 spiro atoms. The van der Waals surface area contributed by atoms with E-state index in [2.05, 4.69) is 15.3 Å². The third kappa shape index (κ3) is 3.50. The number of amides is 1. The van der Waals surface area contributed by atoms with Gasteiger partial charge in [0.05, 0.1) is 19.3 Å². The molecule has 9 nitrogen and oxygen atoms in total. The lowest BCUT2D eigenvalue weighted by Gasteiger charge is -2.34. The van der Waals surface area contributed by atoms with Gasteiger partial charge in [-0.3, -0.25) is 4.79 Å². The summed E-state index contributed by atoms with van der Waals surface area (Å²) < 4.78 is 5.10. The smallest absolute Gasteiger partial charge is 0.354 e. The molecular weight excluding hydrogens is 302 g/mol. The van der Waals surface area contributed by atoms with E-state index < -0.39 is 5.97 Å². The molecular formula is C14H19N5O4. The van der Waals surface area contributed by atoms with Gasteiger partial charge in [-0.1, -0.05) is 0 Å². The van der Waals surface area contributed by atoms with Crippen LogP contribution in [0.5, 0.6) is 0 Å². The standard InChI is InChI=1S/C14H19N5O4/c1-9(20)18-2-4-19(5-3-18)14-16-11(13(21)22)6-12(17-14)15-10-7-23-8-10/h6,10H,2-5,7-8H2,1H3,(H,21,22)(H,15,16,17). The van der Waals surface area contributed by atoms with Crippen LogP contribution >= 0.6 is 0 Å². The molecule has 0 aliphatic carbocycles. The summed E-state index contributed by atoms with van der Waals surface area (Å²) in [5.74, 6) is -0.202. The van der Waals surface area contributed by atoms with Gasteiger partial charge in [0.1, 0.15) is 5.82 Å². The van der Waals surface area contributed by atoms with Gasteiger partial charge in [0.2, 0.25) is 11.9 Å².